The Morgan fingerprint density at radius 1 is 1.05 bits per heavy atom. The van der Waals surface area contributed by atoms with Gasteiger partial charge in [0.1, 0.15) is 17.3 Å². The van der Waals surface area contributed by atoms with Gasteiger partial charge in [-0.1, -0.05) is 30.7 Å². The van der Waals surface area contributed by atoms with Gasteiger partial charge in [0.2, 0.25) is 5.95 Å². The van der Waals surface area contributed by atoms with Gasteiger partial charge in [-0.25, -0.2) is 9.37 Å². The maximum absolute atomic E-state index is 13.5. The third kappa shape index (κ3) is 5.44. The standard InChI is InChI=1S/C29H34FN5O2/c1-19-26(28(37-21(3)36)34-16-7-4-8-17-34)32-29(31-24-13-11-23(30)12-14-24)33-27(19)35-18-15-22-9-5-6-10-25(22)20(35)2/h5-6,9-14,20,28H,4,7-8,15-18H2,1-3H3,(H,31,32,33). The first-order valence-corrected chi connectivity index (χ1v) is 13.1. The van der Waals surface area contributed by atoms with Crippen molar-refractivity contribution in [3.05, 3.63) is 76.7 Å². The average Bonchev–Trinajstić information content (AvgIpc) is 2.91. The molecule has 1 saturated heterocycles. The van der Waals surface area contributed by atoms with Crippen molar-refractivity contribution in [3.63, 3.8) is 0 Å². The number of piperidine rings is 1. The van der Waals surface area contributed by atoms with Crippen molar-refractivity contribution in [2.75, 3.05) is 29.9 Å². The van der Waals surface area contributed by atoms with Gasteiger partial charge in [-0.05, 0) is 68.5 Å². The van der Waals surface area contributed by atoms with Gasteiger partial charge in [0.15, 0.2) is 6.23 Å². The van der Waals surface area contributed by atoms with E-state index in [4.69, 9.17) is 14.7 Å². The van der Waals surface area contributed by atoms with Crippen molar-refractivity contribution < 1.29 is 13.9 Å². The van der Waals surface area contributed by atoms with Crippen molar-refractivity contribution in [1.82, 2.24) is 14.9 Å². The van der Waals surface area contributed by atoms with Gasteiger partial charge >= 0.3 is 5.97 Å². The van der Waals surface area contributed by atoms with E-state index >= 15 is 0 Å². The molecule has 2 unspecified atom stereocenters. The number of esters is 1. The lowest BCUT2D eigenvalue weighted by atomic mass is 9.93. The number of nitrogens with one attached hydrogen (secondary N) is 1. The van der Waals surface area contributed by atoms with Gasteiger partial charge in [0.05, 0.1) is 6.04 Å². The zero-order valence-electron chi connectivity index (χ0n) is 21.7. The smallest absolute Gasteiger partial charge is 0.304 e. The minimum atomic E-state index is -0.597. The second-order valence-electron chi connectivity index (χ2n) is 9.89. The first kappa shape index (κ1) is 25.1. The number of likely N-dealkylation sites (tertiary alicyclic amines) is 1. The van der Waals surface area contributed by atoms with Crippen LogP contribution in [0.3, 0.4) is 0 Å². The molecule has 3 aromatic rings. The number of hydrogen-bond acceptors (Lipinski definition) is 7. The van der Waals surface area contributed by atoms with Crippen LogP contribution in [0.1, 0.15) is 67.8 Å². The quantitative estimate of drug-likeness (QED) is 0.424. The summed E-state index contributed by atoms with van der Waals surface area (Å²) in [6.07, 6.45) is 3.59. The number of carbonyl (C=O) groups is 1. The zero-order valence-corrected chi connectivity index (χ0v) is 21.7. The molecule has 194 valence electrons. The van der Waals surface area contributed by atoms with E-state index in [9.17, 15) is 9.18 Å². The number of nitrogens with zero attached hydrogens (tertiary/aromatic N) is 4. The first-order valence-electron chi connectivity index (χ1n) is 13.1. The molecule has 0 bridgehead atoms. The molecule has 5 rings (SSSR count). The normalized spacial score (nSPS) is 18.7. The highest BCUT2D eigenvalue weighted by Gasteiger charge is 2.33. The Hall–Kier alpha value is -3.52. The Labute approximate surface area is 217 Å². The fraction of sp³-hybridized carbons (Fsp3) is 0.414. The van der Waals surface area contributed by atoms with Crippen LogP contribution in [-0.4, -0.2) is 40.5 Å². The molecule has 0 radical (unpaired) electrons. The summed E-state index contributed by atoms with van der Waals surface area (Å²) in [7, 11) is 0. The van der Waals surface area contributed by atoms with Crippen LogP contribution >= 0.6 is 0 Å². The predicted octanol–water partition coefficient (Wildman–Crippen LogP) is 5.84. The first-order chi connectivity index (χ1) is 17.9. The lowest BCUT2D eigenvalue weighted by molar-refractivity contribution is -0.159. The van der Waals surface area contributed by atoms with Crippen LogP contribution in [0.4, 0.5) is 21.8 Å². The summed E-state index contributed by atoms with van der Waals surface area (Å²) < 4.78 is 19.4. The predicted molar refractivity (Wildman–Crippen MR) is 142 cm³/mol. The Morgan fingerprint density at radius 2 is 1.78 bits per heavy atom. The molecular formula is C29H34FN5O2. The number of benzene rings is 2. The number of anilines is 3. The molecule has 3 heterocycles. The van der Waals surface area contributed by atoms with Crippen LogP contribution in [0.5, 0.6) is 0 Å². The molecule has 2 atom stereocenters. The summed E-state index contributed by atoms with van der Waals surface area (Å²) in [5.74, 6) is 0.550. The molecule has 1 aromatic heterocycles. The van der Waals surface area contributed by atoms with Gasteiger partial charge in [-0.15, -0.1) is 0 Å². The van der Waals surface area contributed by atoms with Crippen molar-refractivity contribution in [2.24, 2.45) is 0 Å². The summed E-state index contributed by atoms with van der Waals surface area (Å²) >= 11 is 0. The maximum Gasteiger partial charge on any atom is 0.304 e. The highest BCUT2D eigenvalue weighted by molar-refractivity contribution is 5.67. The van der Waals surface area contributed by atoms with Crippen LogP contribution in [-0.2, 0) is 16.0 Å². The summed E-state index contributed by atoms with van der Waals surface area (Å²) in [6.45, 7) is 8.14. The molecule has 8 heteroatoms. The minimum Gasteiger partial charge on any atom is -0.440 e. The van der Waals surface area contributed by atoms with Gasteiger partial charge in [0, 0.05) is 37.8 Å². The third-order valence-corrected chi connectivity index (χ3v) is 7.36. The Bertz CT molecular complexity index is 1260. The van der Waals surface area contributed by atoms with Crippen LogP contribution < -0.4 is 10.2 Å². The van der Waals surface area contributed by atoms with E-state index in [0.717, 1.165) is 50.3 Å². The molecule has 0 amide bonds. The summed E-state index contributed by atoms with van der Waals surface area (Å²) in [5.41, 5.74) is 4.90. The molecule has 2 aliphatic heterocycles. The van der Waals surface area contributed by atoms with E-state index in [-0.39, 0.29) is 17.8 Å². The van der Waals surface area contributed by atoms with E-state index in [2.05, 4.69) is 46.3 Å². The maximum atomic E-state index is 13.5. The lowest BCUT2D eigenvalue weighted by Gasteiger charge is -2.38. The largest absolute Gasteiger partial charge is 0.440 e. The van der Waals surface area contributed by atoms with Crippen molar-refractivity contribution in [2.45, 2.75) is 58.7 Å². The molecule has 0 spiro atoms. The second kappa shape index (κ2) is 10.8. The molecule has 1 fully saturated rings. The molecule has 2 aromatic carbocycles. The van der Waals surface area contributed by atoms with Crippen LogP contribution in [0, 0.1) is 12.7 Å². The lowest BCUT2D eigenvalue weighted by Crippen LogP contribution is -2.38. The van der Waals surface area contributed by atoms with Crippen LogP contribution in [0.25, 0.3) is 0 Å². The number of halogens is 1. The summed E-state index contributed by atoms with van der Waals surface area (Å²) in [6, 6.07) is 14.8. The number of fused-ring (bicyclic) bond motifs is 1. The molecular weight excluding hydrogens is 469 g/mol. The van der Waals surface area contributed by atoms with Crippen LogP contribution in [0.15, 0.2) is 48.5 Å². The number of hydrogen-bond donors (Lipinski definition) is 1. The van der Waals surface area contributed by atoms with Crippen LogP contribution in [0.2, 0.25) is 0 Å². The molecule has 7 nitrogen and oxygen atoms in total. The van der Waals surface area contributed by atoms with Crippen molar-refractivity contribution >= 4 is 23.4 Å². The topological polar surface area (TPSA) is 70.6 Å². The SMILES string of the molecule is CC(=O)OC(c1nc(Nc2ccc(F)cc2)nc(N2CCc3ccccc3C2C)c1C)N1CCCCC1. The van der Waals surface area contributed by atoms with Crippen molar-refractivity contribution in [1.29, 1.82) is 0 Å². The molecule has 2 aliphatic rings. The monoisotopic (exact) mass is 503 g/mol. The number of aromatic nitrogens is 2. The molecule has 1 N–H and O–H groups in total. The van der Waals surface area contributed by atoms with Crippen molar-refractivity contribution in [3.8, 4) is 0 Å². The van der Waals surface area contributed by atoms with E-state index < -0.39 is 6.23 Å². The summed E-state index contributed by atoms with van der Waals surface area (Å²) in [5, 5.41) is 3.25. The fourth-order valence-electron chi connectivity index (χ4n) is 5.43. The Balaban J connectivity index is 1.60. The van der Waals surface area contributed by atoms with E-state index in [1.165, 1.54) is 36.6 Å². The molecule has 0 saturated carbocycles. The third-order valence-electron chi connectivity index (χ3n) is 7.36. The summed E-state index contributed by atoms with van der Waals surface area (Å²) in [4.78, 5) is 26.5. The number of ether oxygens (including phenoxy) is 1. The van der Waals surface area contributed by atoms with E-state index in [0.29, 0.717) is 17.3 Å². The fourth-order valence-corrected chi connectivity index (χ4v) is 5.43. The molecule has 0 aliphatic carbocycles. The number of carbonyl (C=O) groups excluding carboxylic acids is 1. The minimum absolute atomic E-state index is 0.118. The average molecular weight is 504 g/mol. The highest BCUT2D eigenvalue weighted by atomic mass is 19.1. The van der Waals surface area contributed by atoms with Gasteiger partial charge in [-0.2, -0.15) is 4.98 Å². The molecule has 37 heavy (non-hydrogen) atoms. The second-order valence-corrected chi connectivity index (χ2v) is 9.89. The number of rotatable bonds is 6. The van der Waals surface area contributed by atoms with E-state index in [1.807, 2.05) is 6.92 Å². The highest BCUT2D eigenvalue weighted by Crippen LogP contribution is 2.38. The zero-order chi connectivity index (χ0) is 25.9. The van der Waals surface area contributed by atoms with E-state index in [1.54, 1.807) is 12.1 Å². The van der Waals surface area contributed by atoms with Gasteiger partial charge in [-0.3, -0.25) is 9.69 Å². The van der Waals surface area contributed by atoms with Gasteiger partial charge < -0.3 is 15.0 Å². The Kier molecular flexibility index (Phi) is 7.37. The van der Waals surface area contributed by atoms with Gasteiger partial charge in [0.25, 0.3) is 0 Å². The Morgan fingerprint density at radius 3 is 2.51 bits per heavy atom.